The van der Waals surface area contributed by atoms with Crippen molar-refractivity contribution in [3.05, 3.63) is 17.0 Å². The molecule has 1 aromatic heterocycles. The highest BCUT2D eigenvalue weighted by molar-refractivity contribution is 7.99. The van der Waals surface area contributed by atoms with E-state index in [1.807, 2.05) is 11.8 Å². The van der Waals surface area contributed by atoms with Gasteiger partial charge in [-0.3, -0.25) is 0 Å². The van der Waals surface area contributed by atoms with E-state index in [1.165, 1.54) is 24.8 Å². The lowest BCUT2D eigenvalue weighted by atomic mass is 9.87. The summed E-state index contributed by atoms with van der Waals surface area (Å²) in [5.41, 5.74) is 3.80. The highest BCUT2D eigenvalue weighted by Gasteiger charge is 2.42. The quantitative estimate of drug-likeness (QED) is 0.833. The summed E-state index contributed by atoms with van der Waals surface area (Å²) >= 11 is 1.86. The molecule has 4 heteroatoms. The zero-order chi connectivity index (χ0) is 15.6. The molecule has 1 fully saturated rings. The van der Waals surface area contributed by atoms with Crippen molar-refractivity contribution in [1.82, 2.24) is 15.3 Å². The number of rotatable bonds is 5. The van der Waals surface area contributed by atoms with E-state index in [9.17, 15) is 0 Å². The van der Waals surface area contributed by atoms with Crippen LogP contribution in [0.4, 0.5) is 0 Å². The van der Waals surface area contributed by atoms with E-state index < -0.39 is 0 Å². The zero-order valence-corrected chi connectivity index (χ0v) is 15.1. The van der Waals surface area contributed by atoms with E-state index in [2.05, 4.69) is 56.8 Å². The average Bonchev–Trinajstić information content (AvgIpc) is 2.68. The lowest BCUT2D eigenvalue weighted by Gasteiger charge is -2.31. The maximum atomic E-state index is 4.68. The highest BCUT2D eigenvalue weighted by atomic mass is 32.2. The van der Waals surface area contributed by atoms with Crippen molar-refractivity contribution in [2.75, 3.05) is 6.54 Å². The van der Waals surface area contributed by atoms with Crippen molar-refractivity contribution in [3.63, 3.8) is 0 Å². The van der Waals surface area contributed by atoms with Crippen molar-refractivity contribution in [1.29, 1.82) is 0 Å². The van der Waals surface area contributed by atoms with Crippen LogP contribution in [0.3, 0.4) is 0 Å². The third-order valence-electron chi connectivity index (χ3n) is 4.77. The Labute approximate surface area is 133 Å². The van der Waals surface area contributed by atoms with Gasteiger partial charge in [0.25, 0.3) is 0 Å². The topological polar surface area (TPSA) is 37.8 Å². The van der Waals surface area contributed by atoms with Crippen molar-refractivity contribution >= 4 is 11.8 Å². The minimum Gasteiger partial charge on any atom is -0.312 e. The predicted molar refractivity (Wildman–Crippen MR) is 91.0 cm³/mol. The molecule has 0 aromatic carbocycles. The second kappa shape index (κ2) is 6.66. The Morgan fingerprint density at radius 1 is 1.19 bits per heavy atom. The molecule has 0 spiro atoms. The van der Waals surface area contributed by atoms with Crippen molar-refractivity contribution in [3.8, 4) is 0 Å². The number of nitrogens with zero attached hydrogens (tertiary/aromatic N) is 2. The predicted octanol–water partition coefficient (Wildman–Crippen LogP) is 4.05. The van der Waals surface area contributed by atoms with Crippen LogP contribution >= 0.6 is 11.8 Å². The summed E-state index contributed by atoms with van der Waals surface area (Å²) in [6.45, 7) is 14.4. The summed E-state index contributed by atoms with van der Waals surface area (Å²) in [4.78, 5) is 9.37. The van der Waals surface area contributed by atoms with Crippen molar-refractivity contribution in [2.45, 2.75) is 77.3 Å². The number of hydrogen-bond acceptors (Lipinski definition) is 4. The molecular weight excluding hydrogens is 278 g/mol. The number of nitrogens with one attached hydrogen (secondary N) is 1. The minimum atomic E-state index is 0.363. The Morgan fingerprint density at radius 2 is 1.81 bits per heavy atom. The number of aromatic nitrogens is 2. The van der Waals surface area contributed by atoms with Gasteiger partial charge in [-0.25, -0.2) is 9.97 Å². The molecule has 2 atom stereocenters. The standard InChI is InChI=1S/C17H29N3S/c1-7-10-18-15-14(8-9-17(15,5)6)21-16-19-12(3)11(2)13(4)20-16/h14-15,18H,7-10H2,1-6H3. The summed E-state index contributed by atoms with van der Waals surface area (Å²) in [5.74, 6) is 0. The van der Waals surface area contributed by atoms with E-state index in [4.69, 9.17) is 0 Å². The second-order valence-electron chi connectivity index (χ2n) is 6.92. The van der Waals surface area contributed by atoms with Crippen LogP contribution in [-0.2, 0) is 0 Å². The number of thioether (sulfide) groups is 1. The molecule has 1 aromatic rings. The summed E-state index contributed by atoms with van der Waals surface area (Å²) in [5, 5.41) is 5.28. The summed E-state index contributed by atoms with van der Waals surface area (Å²) < 4.78 is 0. The van der Waals surface area contributed by atoms with Crippen molar-refractivity contribution < 1.29 is 0 Å². The Kier molecular flexibility index (Phi) is 5.31. The lowest BCUT2D eigenvalue weighted by molar-refractivity contribution is 0.287. The van der Waals surface area contributed by atoms with E-state index >= 15 is 0 Å². The molecule has 1 aliphatic carbocycles. The largest absolute Gasteiger partial charge is 0.312 e. The molecule has 21 heavy (non-hydrogen) atoms. The van der Waals surface area contributed by atoms with Crippen molar-refractivity contribution in [2.24, 2.45) is 5.41 Å². The first-order chi connectivity index (χ1) is 9.85. The lowest BCUT2D eigenvalue weighted by Crippen LogP contribution is -2.43. The van der Waals surface area contributed by atoms with Gasteiger partial charge in [-0.05, 0) is 57.6 Å². The molecule has 2 rings (SSSR count). The smallest absolute Gasteiger partial charge is 0.188 e. The monoisotopic (exact) mass is 307 g/mol. The Morgan fingerprint density at radius 3 is 2.38 bits per heavy atom. The summed E-state index contributed by atoms with van der Waals surface area (Å²) in [7, 11) is 0. The first-order valence-electron chi connectivity index (χ1n) is 8.07. The van der Waals surface area contributed by atoms with Crippen LogP contribution in [0.1, 0.15) is 57.0 Å². The fraction of sp³-hybridized carbons (Fsp3) is 0.765. The maximum absolute atomic E-state index is 4.68. The van der Waals surface area contributed by atoms with Crippen LogP contribution in [0.15, 0.2) is 5.16 Å². The molecule has 1 N–H and O–H groups in total. The highest BCUT2D eigenvalue weighted by Crippen LogP contribution is 2.44. The van der Waals surface area contributed by atoms with Crippen LogP contribution in [0.2, 0.25) is 0 Å². The molecule has 0 radical (unpaired) electrons. The Bertz CT molecular complexity index is 476. The van der Waals surface area contributed by atoms with Gasteiger partial charge in [-0.1, -0.05) is 32.5 Å². The van der Waals surface area contributed by atoms with Gasteiger partial charge in [0.2, 0.25) is 0 Å². The summed E-state index contributed by atoms with van der Waals surface area (Å²) in [6.07, 6.45) is 3.70. The van der Waals surface area contributed by atoms with Gasteiger partial charge in [-0.15, -0.1) is 0 Å². The van der Waals surface area contributed by atoms with Gasteiger partial charge in [0, 0.05) is 22.7 Å². The Balaban J connectivity index is 2.14. The molecule has 0 saturated heterocycles. The first-order valence-corrected chi connectivity index (χ1v) is 8.95. The third kappa shape index (κ3) is 3.78. The van der Waals surface area contributed by atoms with Crippen LogP contribution in [0.25, 0.3) is 0 Å². The van der Waals surface area contributed by atoms with Crippen LogP contribution in [0, 0.1) is 26.2 Å². The van der Waals surface area contributed by atoms with E-state index in [1.54, 1.807) is 0 Å². The average molecular weight is 308 g/mol. The molecule has 118 valence electrons. The van der Waals surface area contributed by atoms with Gasteiger partial charge in [0.1, 0.15) is 0 Å². The van der Waals surface area contributed by atoms with Gasteiger partial charge in [-0.2, -0.15) is 0 Å². The molecular formula is C17H29N3S. The fourth-order valence-corrected chi connectivity index (χ4v) is 4.59. The zero-order valence-electron chi connectivity index (χ0n) is 14.3. The molecule has 0 aliphatic heterocycles. The molecule has 2 unspecified atom stereocenters. The maximum Gasteiger partial charge on any atom is 0.188 e. The van der Waals surface area contributed by atoms with Crippen LogP contribution < -0.4 is 5.32 Å². The summed E-state index contributed by atoms with van der Waals surface area (Å²) in [6, 6.07) is 0.549. The van der Waals surface area contributed by atoms with Gasteiger partial charge < -0.3 is 5.32 Å². The van der Waals surface area contributed by atoms with E-state index in [0.29, 0.717) is 16.7 Å². The number of hydrogen-bond donors (Lipinski definition) is 1. The SMILES string of the molecule is CCCNC1C(Sc2nc(C)c(C)c(C)n2)CCC1(C)C. The van der Waals surface area contributed by atoms with Crippen LogP contribution in [-0.4, -0.2) is 27.8 Å². The molecule has 1 aliphatic rings. The van der Waals surface area contributed by atoms with E-state index in [-0.39, 0.29) is 0 Å². The second-order valence-corrected chi connectivity index (χ2v) is 8.12. The molecule has 0 bridgehead atoms. The first kappa shape index (κ1) is 16.8. The Hall–Kier alpha value is -0.610. The molecule has 1 saturated carbocycles. The minimum absolute atomic E-state index is 0.363. The molecule has 3 nitrogen and oxygen atoms in total. The molecule has 0 amide bonds. The number of aryl methyl sites for hydroxylation is 2. The normalized spacial score (nSPS) is 24.5. The fourth-order valence-electron chi connectivity index (χ4n) is 3.10. The molecule has 1 heterocycles. The van der Waals surface area contributed by atoms with Crippen LogP contribution in [0.5, 0.6) is 0 Å². The third-order valence-corrected chi connectivity index (χ3v) is 5.97. The van der Waals surface area contributed by atoms with E-state index in [0.717, 1.165) is 23.1 Å². The van der Waals surface area contributed by atoms with Gasteiger partial charge in [0.05, 0.1) is 0 Å². The van der Waals surface area contributed by atoms with Gasteiger partial charge >= 0.3 is 0 Å². The van der Waals surface area contributed by atoms with Gasteiger partial charge in [0.15, 0.2) is 5.16 Å².